The standard InChI is InChI=1S/C14H21FN2/c1-10(2)16-12-7-8-17(9-12)14-6-4-5-13(15)11(14)3/h4-6,10,12,16H,7-9H2,1-3H3. The van der Waals surface area contributed by atoms with E-state index in [1.165, 1.54) is 6.07 Å². The lowest BCUT2D eigenvalue weighted by molar-refractivity contribution is 0.492. The van der Waals surface area contributed by atoms with E-state index in [2.05, 4.69) is 24.1 Å². The number of anilines is 1. The molecule has 1 atom stereocenters. The number of nitrogens with zero attached hydrogens (tertiary/aromatic N) is 1. The Morgan fingerprint density at radius 1 is 1.41 bits per heavy atom. The summed E-state index contributed by atoms with van der Waals surface area (Å²) in [6.45, 7) is 8.16. The van der Waals surface area contributed by atoms with Gasteiger partial charge in [0.2, 0.25) is 0 Å². The Labute approximate surface area is 103 Å². The molecule has 2 nitrogen and oxygen atoms in total. The normalized spacial score (nSPS) is 20.3. The van der Waals surface area contributed by atoms with E-state index in [1.54, 1.807) is 6.07 Å². The minimum absolute atomic E-state index is 0.109. The molecule has 1 aromatic carbocycles. The molecule has 3 heteroatoms. The minimum atomic E-state index is -0.109. The number of benzene rings is 1. The fourth-order valence-electron chi connectivity index (χ4n) is 2.53. The van der Waals surface area contributed by atoms with Gasteiger partial charge in [-0.05, 0) is 25.5 Å². The lowest BCUT2D eigenvalue weighted by Gasteiger charge is -2.22. The van der Waals surface area contributed by atoms with Crippen LogP contribution in [0.15, 0.2) is 18.2 Å². The van der Waals surface area contributed by atoms with Crippen molar-refractivity contribution in [3.8, 4) is 0 Å². The van der Waals surface area contributed by atoms with Crippen molar-refractivity contribution in [3.05, 3.63) is 29.6 Å². The number of hydrogen-bond donors (Lipinski definition) is 1. The quantitative estimate of drug-likeness (QED) is 0.868. The Morgan fingerprint density at radius 3 is 2.88 bits per heavy atom. The van der Waals surface area contributed by atoms with Gasteiger partial charge in [-0.25, -0.2) is 4.39 Å². The smallest absolute Gasteiger partial charge is 0.128 e. The Balaban J connectivity index is 2.07. The van der Waals surface area contributed by atoms with Gasteiger partial charge in [0.1, 0.15) is 5.82 Å². The van der Waals surface area contributed by atoms with Crippen LogP contribution in [0, 0.1) is 12.7 Å². The van der Waals surface area contributed by atoms with E-state index in [0.717, 1.165) is 30.8 Å². The molecule has 17 heavy (non-hydrogen) atoms. The van der Waals surface area contributed by atoms with Crippen LogP contribution in [0.5, 0.6) is 0 Å². The van der Waals surface area contributed by atoms with Crippen molar-refractivity contribution in [2.45, 2.75) is 39.3 Å². The van der Waals surface area contributed by atoms with Gasteiger partial charge in [0, 0.05) is 36.4 Å². The highest BCUT2D eigenvalue weighted by Crippen LogP contribution is 2.25. The molecule has 0 amide bonds. The first-order valence-electron chi connectivity index (χ1n) is 6.34. The van der Waals surface area contributed by atoms with Crippen molar-refractivity contribution in [3.63, 3.8) is 0 Å². The van der Waals surface area contributed by atoms with Gasteiger partial charge in [-0.2, -0.15) is 0 Å². The highest BCUT2D eigenvalue weighted by atomic mass is 19.1. The van der Waals surface area contributed by atoms with Gasteiger partial charge in [0.05, 0.1) is 0 Å². The van der Waals surface area contributed by atoms with Crippen molar-refractivity contribution in [1.29, 1.82) is 0 Å². The molecule has 94 valence electrons. The maximum atomic E-state index is 13.5. The summed E-state index contributed by atoms with van der Waals surface area (Å²) in [5.41, 5.74) is 1.80. The Bertz CT molecular complexity index is 390. The minimum Gasteiger partial charge on any atom is -0.370 e. The van der Waals surface area contributed by atoms with Crippen LogP contribution in [0.4, 0.5) is 10.1 Å². The van der Waals surface area contributed by atoms with Crippen LogP contribution in [0.25, 0.3) is 0 Å². The van der Waals surface area contributed by atoms with Crippen molar-refractivity contribution < 1.29 is 4.39 Å². The predicted molar refractivity (Wildman–Crippen MR) is 70.0 cm³/mol. The van der Waals surface area contributed by atoms with E-state index < -0.39 is 0 Å². The monoisotopic (exact) mass is 236 g/mol. The molecule has 1 saturated heterocycles. The van der Waals surface area contributed by atoms with Gasteiger partial charge in [-0.1, -0.05) is 19.9 Å². The third-order valence-electron chi connectivity index (χ3n) is 3.34. The fraction of sp³-hybridized carbons (Fsp3) is 0.571. The summed E-state index contributed by atoms with van der Waals surface area (Å²) in [4.78, 5) is 2.28. The Hall–Kier alpha value is -1.09. The zero-order chi connectivity index (χ0) is 12.4. The van der Waals surface area contributed by atoms with E-state index in [1.807, 2.05) is 13.0 Å². The van der Waals surface area contributed by atoms with E-state index >= 15 is 0 Å². The van der Waals surface area contributed by atoms with Crippen LogP contribution < -0.4 is 10.2 Å². The van der Waals surface area contributed by atoms with Gasteiger partial charge in [-0.3, -0.25) is 0 Å². The molecule has 1 fully saturated rings. The van der Waals surface area contributed by atoms with Crippen LogP contribution in [-0.4, -0.2) is 25.2 Å². The van der Waals surface area contributed by atoms with Crippen LogP contribution >= 0.6 is 0 Å². The maximum absolute atomic E-state index is 13.5. The molecule has 0 saturated carbocycles. The molecule has 0 aliphatic carbocycles. The second-order valence-electron chi connectivity index (χ2n) is 5.14. The summed E-state index contributed by atoms with van der Waals surface area (Å²) in [5, 5.41) is 3.54. The van der Waals surface area contributed by atoms with E-state index in [4.69, 9.17) is 0 Å². The SMILES string of the molecule is Cc1c(F)cccc1N1CCC(NC(C)C)C1. The Kier molecular flexibility index (Phi) is 3.67. The highest BCUT2D eigenvalue weighted by molar-refractivity contribution is 5.54. The van der Waals surface area contributed by atoms with Gasteiger partial charge >= 0.3 is 0 Å². The van der Waals surface area contributed by atoms with Crippen molar-refractivity contribution >= 4 is 5.69 Å². The molecule has 0 bridgehead atoms. The second-order valence-corrected chi connectivity index (χ2v) is 5.14. The third kappa shape index (κ3) is 2.78. The summed E-state index contributed by atoms with van der Waals surface area (Å²) < 4.78 is 13.5. The first kappa shape index (κ1) is 12.4. The van der Waals surface area contributed by atoms with Crippen LogP contribution in [0.3, 0.4) is 0 Å². The second kappa shape index (κ2) is 5.05. The third-order valence-corrected chi connectivity index (χ3v) is 3.34. The average Bonchev–Trinajstić information content (AvgIpc) is 2.69. The summed E-state index contributed by atoms with van der Waals surface area (Å²) in [6.07, 6.45) is 1.13. The van der Waals surface area contributed by atoms with E-state index in [9.17, 15) is 4.39 Å². The van der Waals surface area contributed by atoms with Crippen molar-refractivity contribution in [1.82, 2.24) is 5.32 Å². The molecular weight excluding hydrogens is 215 g/mol. The fourth-order valence-corrected chi connectivity index (χ4v) is 2.53. The largest absolute Gasteiger partial charge is 0.370 e. The van der Waals surface area contributed by atoms with Crippen LogP contribution in [0.2, 0.25) is 0 Å². The number of halogens is 1. The number of hydrogen-bond acceptors (Lipinski definition) is 2. The molecule has 1 aliphatic heterocycles. The predicted octanol–water partition coefficient (Wildman–Crippen LogP) is 2.71. The Morgan fingerprint density at radius 2 is 2.18 bits per heavy atom. The van der Waals surface area contributed by atoms with Crippen LogP contribution in [-0.2, 0) is 0 Å². The molecule has 0 spiro atoms. The summed E-state index contributed by atoms with van der Waals surface area (Å²) in [5.74, 6) is -0.109. The molecule has 1 N–H and O–H groups in total. The molecule has 1 heterocycles. The first-order valence-corrected chi connectivity index (χ1v) is 6.34. The number of rotatable bonds is 3. The zero-order valence-electron chi connectivity index (χ0n) is 10.8. The summed E-state index contributed by atoms with van der Waals surface area (Å²) in [6, 6.07) is 6.36. The molecule has 1 aromatic rings. The molecule has 1 unspecified atom stereocenters. The molecule has 2 rings (SSSR count). The molecule has 0 radical (unpaired) electrons. The lowest BCUT2D eigenvalue weighted by atomic mass is 10.1. The maximum Gasteiger partial charge on any atom is 0.128 e. The summed E-state index contributed by atoms with van der Waals surface area (Å²) >= 11 is 0. The van der Waals surface area contributed by atoms with Crippen molar-refractivity contribution in [2.75, 3.05) is 18.0 Å². The number of nitrogens with one attached hydrogen (secondary N) is 1. The van der Waals surface area contributed by atoms with E-state index in [0.29, 0.717) is 12.1 Å². The highest BCUT2D eigenvalue weighted by Gasteiger charge is 2.24. The molecule has 0 aromatic heterocycles. The lowest BCUT2D eigenvalue weighted by Crippen LogP contribution is -2.37. The average molecular weight is 236 g/mol. The first-order chi connectivity index (χ1) is 8.08. The van der Waals surface area contributed by atoms with Crippen molar-refractivity contribution in [2.24, 2.45) is 0 Å². The van der Waals surface area contributed by atoms with Crippen LogP contribution in [0.1, 0.15) is 25.8 Å². The summed E-state index contributed by atoms with van der Waals surface area (Å²) in [7, 11) is 0. The zero-order valence-corrected chi connectivity index (χ0v) is 10.8. The molecule has 1 aliphatic rings. The van der Waals surface area contributed by atoms with E-state index in [-0.39, 0.29) is 5.82 Å². The van der Waals surface area contributed by atoms with Gasteiger partial charge in [0.15, 0.2) is 0 Å². The van der Waals surface area contributed by atoms with Gasteiger partial charge in [0.25, 0.3) is 0 Å². The van der Waals surface area contributed by atoms with Gasteiger partial charge in [-0.15, -0.1) is 0 Å². The molecular formula is C14H21FN2. The topological polar surface area (TPSA) is 15.3 Å². The van der Waals surface area contributed by atoms with Gasteiger partial charge < -0.3 is 10.2 Å².